The topological polar surface area (TPSA) is 78.9 Å². The van der Waals surface area contributed by atoms with Crippen LogP contribution >= 0.6 is 0 Å². The highest BCUT2D eigenvalue weighted by atomic mass is 16.6. The number of carbonyl (C=O) groups is 3. The number of ether oxygens (including phenoxy) is 3. The molecule has 0 amide bonds. The van der Waals surface area contributed by atoms with Crippen LogP contribution in [0.15, 0.2) is 72.9 Å². The van der Waals surface area contributed by atoms with Crippen molar-refractivity contribution in [1.29, 1.82) is 0 Å². The van der Waals surface area contributed by atoms with Crippen LogP contribution in [0.4, 0.5) is 0 Å². The monoisotopic (exact) mass is 767 g/mol. The zero-order valence-corrected chi connectivity index (χ0v) is 35.7. The largest absolute Gasteiger partial charge is 0.462 e. The van der Waals surface area contributed by atoms with Crippen molar-refractivity contribution in [2.24, 2.45) is 0 Å². The minimum Gasteiger partial charge on any atom is -0.462 e. The van der Waals surface area contributed by atoms with Gasteiger partial charge in [0.15, 0.2) is 6.10 Å². The van der Waals surface area contributed by atoms with Crippen molar-refractivity contribution in [2.45, 2.75) is 207 Å². The Hall–Kier alpha value is -3.15. The molecule has 55 heavy (non-hydrogen) atoms. The lowest BCUT2D eigenvalue weighted by Gasteiger charge is -2.18. The van der Waals surface area contributed by atoms with Gasteiger partial charge in [0.25, 0.3) is 0 Å². The Bertz CT molecular complexity index is 1070. The van der Waals surface area contributed by atoms with Gasteiger partial charge in [0, 0.05) is 19.3 Å². The number of carbonyl (C=O) groups excluding carboxylic acids is 3. The van der Waals surface area contributed by atoms with Crippen molar-refractivity contribution in [2.75, 3.05) is 13.2 Å². The summed E-state index contributed by atoms with van der Waals surface area (Å²) in [6, 6.07) is 0. The molecule has 6 nitrogen and oxygen atoms in total. The maximum absolute atomic E-state index is 12.7. The molecule has 0 aromatic heterocycles. The zero-order chi connectivity index (χ0) is 40.1. The normalized spacial score (nSPS) is 12.7. The van der Waals surface area contributed by atoms with E-state index in [-0.39, 0.29) is 31.1 Å². The molecule has 0 rings (SSSR count). The van der Waals surface area contributed by atoms with Crippen LogP contribution in [0.3, 0.4) is 0 Å². The molecule has 6 heteroatoms. The number of rotatable bonds is 39. The summed E-state index contributed by atoms with van der Waals surface area (Å²) >= 11 is 0. The first kappa shape index (κ1) is 51.9. The quantitative estimate of drug-likeness (QED) is 0.0268. The van der Waals surface area contributed by atoms with Crippen LogP contribution in [0.2, 0.25) is 0 Å². The highest BCUT2D eigenvalue weighted by molar-refractivity contribution is 5.71. The first-order chi connectivity index (χ1) is 27.0. The summed E-state index contributed by atoms with van der Waals surface area (Å²) < 4.78 is 16.6. The third-order valence-corrected chi connectivity index (χ3v) is 9.21. The molecule has 0 heterocycles. The van der Waals surface area contributed by atoms with Gasteiger partial charge >= 0.3 is 17.9 Å². The van der Waals surface area contributed by atoms with E-state index in [0.717, 1.165) is 128 Å². The molecule has 1 unspecified atom stereocenters. The molecule has 0 aromatic carbocycles. The first-order valence-electron chi connectivity index (χ1n) is 22.4. The summed E-state index contributed by atoms with van der Waals surface area (Å²) in [5.74, 6) is -0.934. The van der Waals surface area contributed by atoms with Gasteiger partial charge in [-0.3, -0.25) is 14.4 Å². The molecule has 0 spiro atoms. The number of esters is 3. The SMILES string of the molecule is CC/C=C\C/C=C\C/C=C\CCCCCCCCCC(=O)OCC(COC(=O)CCCCCCC)OC(=O)CCCCCCC/C=C\C/C=C\C/C=C\CC. The number of hydrogen-bond acceptors (Lipinski definition) is 6. The van der Waals surface area contributed by atoms with Crippen LogP contribution in [0.1, 0.15) is 201 Å². The van der Waals surface area contributed by atoms with Gasteiger partial charge in [0.1, 0.15) is 13.2 Å². The Morgan fingerprint density at radius 3 is 1.11 bits per heavy atom. The Morgan fingerprint density at radius 1 is 0.382 bits per heavy atom. The lowest BCUT2D eigenvalue weighted by atomic mass is 10.1. The Kier molecular flexibility index (Phi) is 41.1. The van der Waals surface area contributed by atoms with Crippen molar-refractivity contribution in [3.63, 3.8) is 0 Å². The highest BCUT2D eigenvalue weighted by Crippen LogP contribution is 2.13. The number of unbranched alkanes of at least 4 members (excludes halogenated alkanes) is 16. The van der Waals surface area contributed by atoms with Crippen LogP contribution in [0.5, 0.6) is 0 Å². The van der Waals surface area contributed by atoms with Gasteiger partial charge < -0.3 is 14.2 Å². The van der Waals surface area contributed by atoms with Crippen LogP contribution < -0.4 is 0 Å². The molecule has 0 N–H and O–H groups in total. The van der Waals surface area contributed by atoms with Gasteiger partial charge in [-0.25, -0.2) is 0 Å². The predicted molar refractivity (Wildman–Crippen MR) is 233 cm³/mol. The second-order valence-electron chi connectivity index (χ2n) is 14.5. The molecular formula is C49H82O6. The van der Waals surface area contributed by atoms with Gasteiger partial charge in [0.2, 0.25) is 0 Å². The first-order valence-corrected chi connectivity index (χ1v) is 22.4. The Morgan fingerprint density at radius 2 is 0.709 bits per heavy atom. The minimum atomic E-state index is -0.783. The maximum atomic E-state index is 12.7. The van der Waals surface area contributed by atoms with Gasteiger partial charge in [-0.1, -0.05) is 171 Å². The van der Waals surface area contributed by atoms with Crippen molar-refractivity contribution in [1.82, 2.24) is 0 Å². The van der Waals surface area contributed by atoms with E-state index in [9.17, 15) is 14.4 Å². The molecule has 0 radical (unpaired) electrons. The molecule has 0 fully saturated rings. The number of allylic oxidation sites excluding steroid dienone is 12. The van der Waals surface area contributed by atoms with E-state index in [4.69, 9.17) is 14.2 Å². The summed E-state index contributed by atoms with van der Waals surface area (Å²) in [7, 11) is 0. The van der Waals surface area contributed by atoms with Crippen molar-refractivity contribution >= 4 is 17.9 Å². The summed E-state index contributed by atoms with van der Waals surface area (Å²) in [5.41, 5.74) is 0. The summed E-state index contributed by atoms with van der Waals surface area (Å²) in [6.07, 6.45) is 53.4. The van der Waals surface area contributed by atoms with E-state index >= 15 is 0 Å². The lowest BCUT2D eigenvalue weighted by Crippen LogP contribution is -2.30. The van der Waals surface area contributed by atoms with E-state index in [2.05, 4.69) is 93.7 Å². The highest BCUT2D eigenvalue weighted by Gasteiger charge is 2.19. The molecule has 1 atom stereocenters. The molecule has 0 saturated carbocycles. The Balaban J connectivity index is 4.27. The molecule has 0 aliphatic heterocycles. The minimum absolute atomic E-state index is 0.0875. The lowest BCUT2D eigenvalue weighted by molar-refractivity contribution is -0.167. The van der Waals surface area contributed by atoms with Gasteiger partial charge in [-0.2, -0.15) is 0 Å². The van der Waals surface area contributed by atoms with E-state index in [1.807, 2.05) is 0 Å². The molecule has 0 aliphatic carbocycles. The van der Waals surface area contributed by atoms with E-state index < -0.39 is 6.10 Å². The Labute approximate surface area is 338 Å². The zero-order valence-electron chi connectivity index (χ0n) is 35.7. The van der Waals surface area contributed by atoms with Gasteiger partial charge in [-0.05, 0) is 83.5 Å². The van der Waals surface area contributed by atoms with Crippen LogP contribution in [-0.4, -0.2) is 37.2 Å². The van der Waals surface area contributed by atoms with E-state index in [1.54, 1.807) is 0 Å². The standard InChI is InChI=1S/C49H82O6/c1-4-7-10-13-15-17-19-21-23-24-26-27-29-31-33-36-39-42-48(51)54-45-46(44-53-47(50)41-38-35-12-9-6-3)55-49(52)43-40-37-34-32-30-28-25-22-20-18-16-14-11-8-5-2/h7-8,10-11,15-18,21-23,25,46H,4-6,9,12-14,19-20,24,26-45H2,1-3H3/b10-7-,11-8-,17-15-,18-16-,23-21-,25-22-. The van der Waals surface area contributed by atoms with Crippen LogP contribution in [-0.2, 0) is 28.6 Å². The third kappa shape index (κ3) is 41.8. The fourth-order valence-corrected chi connectivity index (χ4v) is 5.88. The average Bonchev–Trinajstić information content (AvgIpc) is 3.18. The summed E-state index contributed by atoms with van der Waals surface area (Å²) in [5, 5.41) is 0. The molecule has 0 aromatic rings. The van der Waals surface area contributed by atoms with E-state index in [0.29, 0.717) is 19.3 Å². The second kappa shape index (κ2) is 43.6. The van der Waals surface area contributed by atoms with Crippen LogP contribution in [0, 0.1) is 0 Å². The molecular weight excluding hydrogens is 685 g/mol. The maximum Gasteiger partial charge on any atom is 0.306 e. The third-order valence-electron chi connectivity index (χ3n) is 9.21. The van der Waals surface area contributed by atoms with E-state index in [1.165, 1.54) is 32.1 Å². The summed E-state index contributed by atoms with van der Waals surface area (Å²) in [4.78, 5) is 37.5. The van der Waals surface area contributed by atoms with Crippen molar-refractivity contribution in [3.8, 4) is 0 Å². The average molecular weight is 767 g/mol. The van der Waals surface area contributed by atoms with Crippen molar-refractivity contribution in [3.05, 3.63) is 72.9 Å². The number of hydrogen-bond donors (Lipinski definition) is 0. The second-order valence-corrected chi connectivity index (χ2v) is 14.5. The van der Waals surface area contributed by atoms with Crippen molar-refractivity contribution < 1.29 is 28.6 Å². The van der Waals surface area contributed by atoms with Gasteiger partial charge in [0.05, 0.1) is 0 Å². The molecule has 314 valence electrons. The molecule has 0 aliphatic rings. The molecule has 0 bridgehead atoms. The van der Waals surface area contributed by atoms with Crippen LogP contribution in [0.25, 0.3) is 0 Å². The fourth-order valence-electron chi connectivity index (χ4n) is 5.88. The van der Waals surface area contributed by atoms with Gasteiger partial charge in [-0.15, -0.1) is 0 Å². The fraction of sp³-hybridized carbons (Fsp3) is 0.694. The molecule has 0 saturated heterocycles. The summed E-state index contributed by atoms with van der Waals surface area (Å²) in [6.45, 7) is 6.29. The smallest absolute Gasteiger partial charge is 0.306 e. The predicted octanol–water partition coefficient (Wildman–Crippen LogP) is 14.3.